The molecule has 2 N–H and O–H groups in total. The fourth-order valence-corrected chi connectivity index (χ4v) is 2.53. The van der Waals surface area contributed by atoms with Gasteiger partial charge in [0, 0.05) is 13.1 Å². The van der Waals surface area contributed by atoms with Crippen LogP contribution in [0.5, 0.6) is 0 Å². The molecule has 8 nitrogen and oxygen atoms in total. The van der Waals surface area contributed by atoms with E-state index in [4.69, 9.17) is 4.74 Å². The maximum absolute atomic E-state index is 11.6. The molecule has 2 aromatic heterocycles. The summed E-state index contributed by atoms with van der Waals surface area (Å²) < 4.78 is 6.99. The second-order valence-corrected chi connectivity index (χ2v) is 5.55. The molecule has 1 unspecified atom stereocenters. The molecule has 0 amide bonds. The molecule has 0 saturated carbocycles. The van der Waals surface area contributed by atoms with Gasteiger partial charge in [0.25, 0.3) is 0 Å². The first-order chi connectivity index (χ1) is 9.48. The van der Waals surface area contributed by atoms with Crippen molar-refractivity contribution in [2.75, 3.05) is 24.6 Å². The van der Waals surface area contributed by atoms with E-state index in [2.05, 4.69) is 15.3 Å². The lowest BCUT2D eigenvalue weighted by molar-refractivity contribution is -0.101. The summed E-state index contributed by atoms with van der Waals surface area (Å²) in [6, 6.07) is 3.54. The van der Waals surface area contributed by atoms with Gasteiger partial charge in [0.05, 0.1) is 18.3 Å². The number of nitrogens with zero attached hydrogens (tertiary/aromatic N) is 4. The van der Waals surface area contributed by atoms with Gasteiger partial charge in [-0.05, 0) is 26.0 Å². The van der Waals surface area contributed by atoms with Crippen molar-refractivity contribution in [3.8, 4) is 0 Å². The molecule has 1 saturated heterocycles. The third-order valence-electron chi connectivity index (χ3n) is 3.27. The Morgan fingerprint density at radius 1 is 1.55 bits per heavy atom. The average Bonchev–Trinajstić information content (AvgIpc) is 2.78. The van der Waals surface area contributed by atoms with Crippen molar-refractivity contribution in [2.24, 2.45) is 0 Å². The summed E-state index contributed by atoms with van der Waals surface area (Å²) in [5.41, 5.74) is -0.276. The number of hydrogen-bond acceptors (Lipinski definition) is 6. The van der Waals surface area contributed by atoms with Crippen LogP contribution in [0, 0.1) is 0 Å². The van der Waals surface area contributed by atoms with E-state index >= 15 is 0 Å². The first-order valence-electron chi connectivity index (χ1n) is 6.47. The lowest BCUT2D eigenvalue weighted by atomic mass is 10.1. The number of H-pyrrole nitrogens is 1. The summed E-state index contributed by atoms with van der Waals surface area (Å²) >= 11 is 0. The van der Waals surface area contributed by atoms with Gasteiger partial charge in [-0.2, -0.15) is 9.61 Å². The molecular formula is C12H17N5O3. The van der Waals surface area contributed by atoms with Crippen LogP contribution in [0.25, 0.3) is 5.65 Å². The average molecular weight is 279 g/mol. The molecule has 0 spiro atoms. The molecule has 0 bridgehead atoms. The maximum Gasteiger partial charge on any atom is 0.364 e. The van der Waals surface area contributed by atoms with Crippen LogP contribution in [0.4, 0.5) is 5.82 Å². The molecule has 1 atom stereocenters. The number of morpholine rings is 1. The van der Waals surface area contributed by atoms with E-state index in [1.54, 1.807) is 6.07 Å². The molecule has 1 aliphatic rings. The van der Waals surface area contributed by atoms with E-state index in [9.17, 15) is 9.90 Å². The van der Waals surface area contributed by atoms with Crippen molar-refractivity contribution in [3.05, 3.63) is 22.6 Å². The molecule has 0 aromatic carbocycles. The predicted molar refractivity (Wildman–Crippen MR) is 71.9 cm³/mol. The Hall–Kier alpha value is -1.93. The molecule has 20 heavy (non-hydrogen) atoms. The van der Waals surface area contributed by atoms with Crippen molar-refractivity contribution in [3.63, 3.8) is 0 Å². The van der Waals surface area contributed by atoms with Gasteiger partial charge in [0.15, 0.2) is 5.65 Å². The third kappa shape index (κ3) is 2.27. The first-order valence-corrected chi connectivity index (χ1v) is 6.47. The Bertz CT molecular complexity index is 677. The molecule has 3 heterocycles. The number of nitrogens with one attached hydrogen (secondary N) is 1. The Morgan fingerprint density at radius 3 is 3.10 bits per heavy atom. The van der Waals surface area contributed by atoms with Gasteiger partial charge in [-0.1, -0.05) is 0 Å². The van der Waals surface area contributed by atoms with Crippen LogP contribution in [0.15, 0.2) is 16.9 Å². The molecule has 108 valence electrons. The second kappa shape index (κ2) is 4.57. The first kappa shape index (κ1) is 13.1. The molecule has 8 heteroatoms. The zero-order chi connectivity index (χ0) is 14.3. The third-order valence-corrected chi connectivity index (χ3v) is 3.27. The number of anilines is 1. The van der Waals surface area contributed by atoms with Crippen molar-refractivity contribution in [1.82, 2.24) is 19.8 Å². The number of aromatic nitrogens is 4. The van der Waals surface area contributed by atoms with E-state index in [0.717, 1.165) is 0 Å². The highest BCUT2D eigenvalue weighted by Crippen LogP contribution is 2.24. The van der Waals surface area contributed by atoms with E-state index in [-0.39, 0.29) is 24.0 Å². The fraction of sp³-hybridized carbons (Fsp3) is 0.583. The number of fused-ring (bicyclic) bond motifs is 1. The SMILES string of the molecule is CC1(C)CN(c2ccc3n[nH]c(=O)n3n2)CC(CO)O1. The van der Waals surface area contributed by atoms with Gasteiger partial charge in [-0.15, -0.1) is 5.10 Å². The smallest absolute Gasteiger partial charge is 0.364 e. The van der Waals surface area contributed by atoms with Crippen LogP contribution < -0.4 is 10.6 Å². The largest absolute Gasteiger partial charge is 0.394 e. The van der Waals surface area contributed by atoms with E-state index in [1.165, 1.54) is 4.52 Å². The Balaban J connectivity index is 1.96. The van der Waals surface area contributed by atoms with Crippen molar-refractivity contribution >= 4 is 11.5 Å². The highest BCUT2D eigenvalue weighted by molar-refractivity contribution is 5.45. The molecular weight excluding hydrogens is 262 g/mol. The number of hydrogen-bond donors (Lipinski definition) is 2. The Kier molecular flexibility index (Phi) is 2.98. The Morgan fingerprint density at radius 2 is 2.35 bits per heavy atom. The zero-order valence-electron chi connectivity index (χ0n) is 11.4. The number of ether oxygens (including phenoxy) is 1. The molecule has 1 aliphatic heterocycles. The quantitative estimate of drug-likeness (QED) is 0.761. The van der Waals surface area contributed by atoms with E-state index < -0.39 is 0 Å². The van der Waals surface area contributed by atoms with E-state index in [0.29, 0.717) is 24.6 Å². The summed E-state index contributed by atoms with van der Waals surface area (Å²) in [4.78, 5) is 13.6. The number of aliphatic hydroxyl groups excluding tert-OH is 1. The van der Waals surface area contributed by atoms with Gasteiger partial charge in [-0.3, -0.25) is 0 Å². The molecule has 3 rings (SSSR count). The molecule has 2 aromatic rings. The van der Waals surface area contributed by atoms with E-state index in [1.807, 2.05) is 24.8 Å². The molecule has 1 fully saturated rings. The van der Waals surface area contributed by atoms with Crippen LogP contribution >= 0.6 is 0 Å². The Labute approximate surface area is 115 Å². The second-order valence-electron chi connectivity index (χ2n) is 5.55. The summed E-state index contributed by atoms with van der Waals surface area (Å²) in [5, 5.41) is 19.8. The lowest BCUT2D eigenvalue weighted by Crippen LogP contribution is -2.54. The standard InChI is InChI=1S/C12H17N5O3/c1-12(2)7-16(5-8(6-18)20-12)10-4-3-9-13-14-11(19)17(9)15-10/h3-4,8,18H,5-7H2,1-2H3,(H,14,19). The summed E-state index contributed by atoms with van der Waals surface area (Å²) in [6.07, 6.45) is -0.266. The van der Waals surface area contributed by atoms with Crippen LogP contribution in [0.2, 0.25) is 0 Å². The predicted octanol–water partition coefficient (Wildman–Crippen LogP) is -0.606. The van der Waals surface area contributed by atoms with Gasteiger partial charge in [-0.25, -0.2) is 9.89 Å². The molecule has 0 aliphatic carbocycles. The van der Waals surface area contributed by atoms with Crippen molar-refractivity contribution in [2.45, 2.75) is 25.6 Å². The number of aromatic amines is 1. The van der Waals surface area contributed by atoms with Crippen LogP contribution in [-0.2, 0) is 4.74 Å². The number of rotatable bonds is 2. The van der Waals surface area contributed by atoms with Gasteiger partial charge in [0.1, 0.15) is 5.82 Å². The van der Waals surface area contributed by atoms with Crippen molar-refractivity contribution < 1.29 is 9.84 Å². The van der Waals surface area contributed by atoms with Crippen LogP contribution in [0.3, 0.4) is 0 Å². The topological polar surface area (TPSA) is 95.8 Å². The van der Waals surface area contributed by atoms with Gasteiger partial charge >= 0.3 is 5.69 Å². The summed E-state index contributed by atoms with van der Waals surface area (Å²) in [7, 11) is 0. The highest BCUT2D eigenvalue weighted by atomic mass is 16.5. The zero-order valence-corrected chi connectivity index (χ0v) is 11.4. The summed E-state index contributed by atoms with van der Waals surface area (Å²) in [5.74, 6) is 0.663. The van der Waals surface area contributed by atoms with Gasteiger partial charge in [0.2, 0.25) is 0 Å². The van der Waals surface area contributed by atoms with Crippen LogP contribution in [0.1, 0.15) is 13.8 Å². The van der Waals surface area contributed by atoms with Crippen molar-refractivity contribution in [1.29, 1.82) is 0 Å². The highest BCUT2D eigenvalue weighted by Gasteiger charge is 2.33. The lowest BCUT2D eigenvalue weighted by Gasteiger charge is -2.42. The fourth-order valence-electron chi connectivity index (χ4n) is 2.53. The minimum Gasteiger partial charge on any atom is -0.394 e. The minimum atomic E-state index is -0.385. The number of aliphatic hydroxyl groups is 1. The minimum absolute atomic E-state index is 0.0478. The van der Waals surface area contributed by atoms with Gasteiger partial charge < -0.3 is 14.7 Å². The molecule has 0 radical (unpaired) electrons. The normalized spacial score (nSPS) is 22.4. The summed E-state index contributed by atoms with van der Waals surface area (Å²) in [6.45, 7) is 5.04. The van der Waals surface area contributed by atoms with Crippen LogP contribution in [-0.4, -0.2) is 56.3 Å². The maximum atomic E-state index is 11.6. The monoisotopic (exact) mass is 279 g/mol.